The lowest BCUT2D eigenvalue weighted by Crippen LogP contribution is -2.01. The largest absolute Gasteiger partial charge is 0.360 e. The number of hydrogen-bond acceptors (Lipinski definition) is 3. The van der Waals surface area contributed by atoms with Crippen LogP contribution in [-0.2, 0) is 0 Å². The molecule has 1 aromatic carbocycles. The van der Waals surface area contributed by atoms with Gasteiger partial charge in [0.2, 0.25) is 0 Å². The van der Waals surface area contributed by atoms with Crippen molar-refractivity contribution in [3.63, 3.8) is 0 Å². The first kappa shape index (κ1) is 9.45. The van der Waals surface area contributed by atoms with Gasteiger partial charge in [-0.25, -0.2) is 0 Å². The summed E-state index contributed by atoms with van der Waals surface area (Å²) in [7, 11) is 0. The Kier molecular flexibility index (Phi) is 2.25. The molecule has 0 unspecified atom stereocenters. The summed E-state index contributed by atoms with van der Waals surface area (Å²) in [6, 6.07) is 9.21. The van der Waals surface area contributed by atoms with Gasteiger partial charge in [-0.2, -0.15) is 0 Å². The summed E-state index contributed by atoms with van der Waals surface area (Å²) in [4.78, 5) is 11.1. The lowest BCUT2D eigenvalue weighted by molar-refractivity contribution is 0.0991. The molecule has 0 spiro atoms. The number of aryl methyl sites for hydroxylation is 1. The van der Waals surface area contributed by atoms with E-state index in [0.29, 0.717) is 11.5 Å². The summed E-state index contributed by atoms with van der Waals surface area (Å²) in [6.07, 6.45) is 0. The SMILES string of the molecule is Cc1onc(-c2ccccc2)c1C([NH])=O. The molecule has 0 saturated carbocycles. The third kappa shape index (κ3) is 1.61. The molecule has 0 aliphatic carbocycles. The van der Waals surface area contributed by atoms with Gasteiger partial charge >= 0.3 is 0 Å². The monoisotopic (exact) mass is 201 g/mol. The van der Waals surface area contributed by atoms with Gasteiger partial charge in [0, 0.05) is 5.56 Å². The van der Waals surface area contributed by atoms with Crippen LogP contribution in [0.1, 0.15) is 16.1 Å². The Morgan fingerprint density at radius 2 is 2.00 bits per heavy atom. The molecular weight excluding hydrogens is 192 g/mol. The van der Waals surface area contributed by atoms with Crippen LogP contribution in [0.5, 0.6) is 0 Å². The Hall–Kier alpha value is -2.10. The molecule has 0 atom stereocenters. The first-order valence-corrected chi connectivity index (χ1v) is 4.48. The van der Waals surface area contributed by atoms with Crippen molar-refractivity contribution in [1.82, 2.24) is 10.9 Å². The average molecular weight is 201 g/mol. The molecule has 0 aliphatic heterocycles. The van der Waals surface area contributed by atoms with Crippen molar-refractivity contribution in [2.75, 3.05) is 0 Å². The fraction of sp³-hybridized carbons (Fsp3) is 0.0909. The van der Waals surface area contributed by atoms with E-state index in [-0.39, 0.29) is 5.56 Å². The van der Waals surface area contributed by atoms with Crippen LogP contribution in [0.3, 0.4) is 0 Å². The first-order chi connectivity index (χ1) is 7.20. The third-order valence-electron chi connectivity index (χ3n) is 2.14. The fourth-order valence-corrected chi connectivity index (χ4v) is 1.43. The van der Waals surface area contributed by atoms with Crippen LogP contribution in [0.4, 0.5) is 0 Å². The van der Waals surface area contributed by atoms with Gasteiger partial charge in [0.15, 0.2) is 0 Å². The van der Waals surface area contributed by atoms with E-state index in [1.54, 1.807) is 6.92 Å². The Balaban J connectivity index is 2.59. The predicted molar refractivity (Wildman–Crippen MR) is 54.1 cm³/mol. The molecular formula is C11H9N2O2. The van der Waals surface area contributed by atoms with Gasteiger partial charge in [-0.05, 0) is 6.92 Å². The molecule has 1 aromatic heterocycles. The van der Waals surface area contributed by atoms with Gasteiger partial charge in [0.25, 0.3) is 5.91 Å². The van der Waals surface area contributed by atoms with Gasteiger partial charge in [-0.1, -0.05) is 35.5 Å². The van der Waals surface area contributed by atoms with E-state index in [1.807, 2.05) is 30.3 Å². The molecule has 0 bridgehead atoms. The van der Waals surface area contributed by atoms with E-state index < -0.39 is 5.91 Å². The summed E-state index contributed by atoms with van der Waals surface area (Å²) in [5.41, 5.74) is 8.59. The number of aromatic nitrogens is 1. The molecule has 0 fully saturated rings. The number of carbonyl (C=O) groups excluding carboxylic acids is 1. The lowest BCUT2D eigenvalue weighted by atomic mass is 10.1. The normalized spacial score (nSPS) is 10.2. The Labute approximate surface area is 86.7 Å². The molecule has 15 heavy (non-hydrogen) atoms. The maximum Gasteiger partial charge on any atom is 0.275 e. The highest BCUT2D eigenvalue weighted by Crippen LogP contribution is 2.24. The van der Waals surface area contributed by atoms with Crippen LogP contribution in [-0.4, -0.2) is 11.1 Å². The van der Waals surface area contributed by atoms with E-state index >= 15 is 0 Å². The van der Waals surface area contributed by atoms with E-state index in [2.05, 4.69) is 5.16 Å². The van der Waals surface area contributed by atoms with E-state index in [0.717, 1.165) is 5.56 Å². The second kappa shape index (κ2) is 3.57. The maximum atomic E-state index is 11.1. The topological polar surface area (TPSA) is 66.9 Å². The average Bonchev–Trinajstić information content (AvgIpc) is 2.61. The van der Waals surface area contributed by atoms with Crippen molar-refractivity contribution in [2.45, 2.75) is 6.92 Å². The summed E-state index contributed by atoms with van der Waals surface area (Å²) in [5, 5.41) is 3.79. The number of nitrogens with one attached hydrogen (secondary N) is 1. The molecule has 4 heteroatoms. The number of carbonyl (C=O) groups is 1. The number of amides is 1. The number of benzene rings is 1. The van der Waals surface area contributed by atoms with E-state index in [1.165, 1.54) is 0 Å². The minimum Gasteiger partial charge on any atom is -0.360 e. The number of nitrogens with zero attached hydrogens (tertiary/aromatic N) is 1. The molecule has 1 radical (unpaired) electrons. The molecule has 1 N–H and O–H groups in total. The van der Waals surface area contributed by atoms with Crippen LogP contribution in [0, 0.1) is 6.92 Å². The van der Waals surface area contributed by atoms with Crippen molar-refractivity contribution >= 4 is 5.91 Å². The molecule has 2 rings (SSSR count). The molecule has 4 nitrogen and oxygen atoms in total. The van der Waals surface area contributed by atoms with Crippen molar-refractivity contribution < 1.29 is 9.32 Å². The zero-order valence-corrected chi connectivity index (χ0v) is 8.15. The zero-order chi connectivity index (χ0) is 10.8. The van der Waals surface area contributed by atoms with Crippen LogP contribution in [0.2, 0.25) is 0 Å². The molecule has 2 aromatic rings. The molecule has 0 saturated heterocycles. The first-order valence-electron chi connectivity index (χ1n) is 4.48. The third-order valence-corrected chi connectivity index (χ3v) is 2.14. The molecule has 75 valence electrons. The van der Waals surface area contributed by atoms with Gasteiger partial charge in [-0.3, -0.25) is 10.5 Å². The van der Waals surface area contributed by atoms with E-state index in [4.69, 9.17) is 10.3 Å². The van der Waals surface area contributed by atoms with Crippen LogP contribution in [0.15, 0.2) is 34.9 Å². The highest BCUT2D eigenvalue weighted by molar-refractivity contribution is 5.99. The maximum absolute atomic E-state index is 11.1. The van der Waals surface area contributed by atoms with Crippen LogP contribution >= 0.6 is 0 Å². The van der Waals surface area contributed by atoms with Gasteiger partial charge < -0.3 is 4.52 Å². The van der Waals surface area contributed by atoms with Gasteiger partial charge in [0.05, 0.1) is 0 Å². The Morgan fingerprint density at radius 3 is 2.60 bits per heavy atom. The second-order valence-corrected chi connectivity index (χ2v) is 3.16. The summed E-state index contributed by atoms with van der Waals surface area (Å²) in [5.74, 6) is -0.388. The zero-order valence-electron chi connectivity index (χ0n) is 8.15. The minimum atomic E-state index is -0.771. The van der Waals surface area contributed by atoms with Crippen molar-refractivity contribution in [1.29, 1.82) is 0 Å². The summed E-state index contributed by atoms with van der Waals surface area (Å²) in [6.45, 7) is 1.63. The van der Waals surface area contributed by atoms with Gasteiger partial charge in [-0.15, -0.1) is 0 Å². The molecule has 0 aliphatic rings. The van der Waals surface area contributed by atoms with Crippen molar-refractivity contribution in [2.24, 2.45) is 0 Å². The van der Waals surface area contributed by atoms with Crippen molar-refractivity contribution in [3.05, 3.63) is 41.7 Å². The molecule has 1 amide bonds. The summed E-state index contributed by atoms with van der Waals surface area (Å²) < 4.78 is 4.92. The van der Waals surface area contributed by atoms with Gasteiger partial charge in [0.1, 0.15) is 17.0 Å². The highest BCUT2D eigenvalue weighted by atomic mass is 16.5. The van der Waals surface area contributed by atoms with E-state index in [9.17, 15) is 4.79 Å². The quantitative estimate of drug-likeness (QED) is 0.746. The Morgan fingerprint density at radius 1 is 1.33 bits per heavy atom. The predicted octanol–water partition coefficient (Wildman–Crippen LogP) is 2.07. The fourth-order valence-electron chi connectivity index (χ4n) is 1.43. The lowest BCUT2D eigenvalue weighted by Gasteiger charge is -1.96. The number of hydrogen-bond donors (Lipinski definition) is 0. The summed E-state index contributed by atoms with van der Waals surface area (Å²) >= 11 is 0. The van der Waals surface area contributed by atoms with Crippen LogP contribution in [0.25, 0.3) is 11.3 Å². The van der Waals surface area contributed by atoms with Crippen molar-refractivity contribution in [3.8, 4) is 11.3 Å². The van der Waals surface area contributed by atoms with Crippen LogP contribution < -0.4 is 5.73 Å². The Bertz CT molecular complexity index is 489. The number of rotatable bonds is 2. The minimum absolute atomic E-state index is 0.237. The smallest absolute Gasteiger partial charge is 0.275 e. The molecule has 1 heterocycles. The highest BCUT2D eigenvalue weighted by Gasteiger charge is 2.19. The second-order valence-electron chi connectivity index (χ2n) is 3.16. The standard InChI is InChI=1S/C11H9N2O2/c1-7-9(11(12)14)10(13-15-7)8-5-3-2-4-6-8/h2-6,12H,1H3.